The topological polar surface area (TPSA) is 64.0 Å². The minimum Gasteiger partial charge on any atom is -0.319 e. The predicted molar refractivity (Wildman–Crippen MR) is 86.4 cm³/mol. The van der Waals surface area contributed by atoms with E-state index in [1.807, 2.05) is 6.07 Å². The summed E-state index contributed by atoms with van der Waals surface area (Å²) in [5.41, 5.74) is 0.535. The van der Waals surface area contributed by atoms with E-state index < -0.39 is 11.3 Å². The maximum absolute atomic E-state index is 12.4. The summed E-state index contributed by atoms with van der Waals surface area (Å²) < 4.78 is 1.51. The summed E-state index contributed by atoms with van der Waals surface area (Å²) in [4.78, 5) is 24.8. The molecule has 3 rings (SSSR count). The van der Waals surface area contributed by atoms with Crippen LogP contribution in [0.15, 0.2) is 53.3 Å². The molecule has 0 fully saturated rings. The van der Waals surface area contributed by atoms with Crippen LogP contribution >= 0.6 is 11.6 Å². The first-order valence-electron chi connectivity index (χ1n) is 6.60. The molecular formula is C16H12ClN3O2. The number of carbonyl (C=O) groups excluding carboxylic acids is 1. The van der Waals surface area contributed by atoms with Gasteiger partial charge < -0.3 is 5.32 Å². The Morgan fingerprint density at radius 1 is 1.14 bits per heavy atom. The zero-order valence-corrected chi connectivity index (χ0v) is 12.5. The number of fused-ring (bicyclic) bond motifs is 1. The predicted octanol–water partition coefficient (Wildman–Crippen LogP) is 2.84. The molecule has 1 N–H and O–H groups in total. The van der Waals surface area contributed by atoms with Crippen molar-refractivity contribution in [2.24, 2.45) is 7.05 Å². The molecule has 1 heterocycles. The molecule has 110 valence electrons. The van der Waals surface area contributed by atoms with Gasteiger partial charge in [0.1, 0.15) is 0 Å². The van der Waals surface area contributed by atoms with Crippen LogP contribution in [0.25, 0.3) is 10.9 Å². The number of amides is 1. The van der Waals surface area contributed by atoms with Gasteiger partial charge in [-0.25, -0.2) is 0 Å². The molecule has 0 spiro atoms. The van der Waals surface area contributed by atoms with E-state index in [4.69, 9.17) is 11.6 Å². The first-order chi connectivity index (χ1) is 10.6. The van der Waals surface area contributed by atoms with Crippen molar-refractivity contribution in [2.75, 3.05) is 5.32 Å². The highest BCUT2D eigenvalue weighted by atomic mass is 35.5. The minimum atomic E-state index is -0.584. The van der Waals surface area contributed by atoms with Crippen molar-refractivity contribution in [1.82, 2.24) is 9.78 Å². The molecule has 1 amide bonds. The fraction of sp³-hybridized carbons (Fsp3) is 0.0625. The lowest BCUT2D eigenvalue weighted by Crippen LogP contribution is -2.26. The average molecular weight is 314 g/mol. The number of carbonyl (C=O) groups is 1. The van der Waals surface area contributed by atoms with Crippen molar-refractivity contribution in [3.63, 3.8) is 0 Å². The molecule has 0 saturated carbocycles. The van der Waals surface area contributed by atoms with Crippen LogP contribution < -0.4 is 10.7 Å². The second-order valence-electron chi connectivity index (χ2n) is 4.75. The summed E-state index contributed by atoms with van der Waals surface area (Å²) >= 11 is 6.00. The molecule has 6 heteroatoms. The SMILES string of the molecule is Cn1nc(C(=O)Nc2ccccc2Cl)c(=O)c2ccccc21. The van der Waals surface area contributed by atoms with Gasteiger partial charge in [-0.1, -0.05) is 35.9 Å². The molecular weight excluding hydrogens is 302 g/mol. The quantitative estimate of drug-likeness (QED) is 0.791. The highest BCUT2D eigenvalue weighted by Gasteiger charge is 2.17. The highest BCUT2D eigenvalue weighted by Crippen LogP contribution is 2.20. The summed E-state index contributed by atoms with van der Waals surface area (Å²) in [5, 5.41) is 7.53. The summed E-state index contributed by atoms with van der Waals surface area (Å²) in [6.07, 6.45) is 0. The smallest absolute Gasteiger partial charge is 0.280 e. The number of rotatable bonds is 2. The van der Waals surface area contributed by atoms with Crippen LogP contribution in [0.3, 0.4) is 0 Å². The average Bonchev–Trinajstić information content (AvgIpc) is 2.53. The second kappa shape index (κ2) is 5.61. The molecule has 22 heavy (non-hydrogen) atoms. The van der Waals surface area contributed by atoms with E-state index in [0.717, 1.165) is 0 Å². The molecule has 0 aliphatic carbocycles. The maximum atomic E-state index is 12.4. The number of para-hydroxylation sites is 2. The summed E-state index contributed by atoms with van der Waals surface area (Å²) in [5.74, 6) is -0.584. The number of nitrogens with one attached hydrogen (secondary N) is 1. The number of nitrogens with zero attached hydrogens (tertiary/aromatic N) is 2. The Bertz CT molecular complexity index is 934. The van der Waals surface area contributed by atoms with E-state index in [9.17, 15) is 9.59 Å². The zero-order chi connectivity index (χ0) is 15.7. The Labute approximate surface area is 131 Å². The first-order valence-corrected chi connectivity index (χ1v) is 6.97. The number of anilines is 1. The molecule has 0 atom stereocenters. The van der Waals surface area contributed by atoms with Gasteiger partial charge in [0.25, 0.3) is 5.91 Å². The molecule has 5 nitrogen and oxygen atoms in total. The van der Waals surface area contributed by atoms with Crippen LogP contribution in [0.1, 0.15) is 10.5 Å². The van der Waals surface area contributed by atoms with Crippen molar-refractivity contribution < 1.29 is 4.79 Å². The molecule has 3 aromatic rings. The standard InChI is InChI=1S/C16H12ClN3O2/c1-20-13-9-5-2-6-10(13)15(21)14(19-20)16(22)18-12-8-4-3-7-11(12)17/h2-9H,1H3,(H,18,22). The van der Waals surface area contributed by atoms with Crippen LogP contribution in [-0.4, -0.2) is 15.7 Å². The molecule has 0 unspecified atom stereocenters. The van der Waals surface area contributed by atoms with Gasteiger partial charge in [0.2, 0.25) is 5.43 Å². The Hall–Kier alpha value is -2.66. The zero-order valence-electron chi connectivity index (χ0n) is 11.7. The lowest BCUT2D eigenvalue weighted by atomic mass is 10.2. The van der Waals surface area contributed by atoms with Crippen LogP contribution in [0, 0.1) is 0 Å². The number of halogens is 1. The molecule has 0 bridgehead atoms. The Morgan fingerprint density at radius 3 is 2.59 bits per heavy atom. The van der Waals surface area contributed by atoms with E-state index >= 15 is 0 Å². The molecule has 2 aromatic carbocycles. The Balaban J connectivity index is 2.07. The summed E-state index contributed by atoms with van der Waals surface area (Å²) in [7, 11) is 1.69. The molecule has 0 radical (unpaired) electrons. The van der Waals surface area contributed by atoms with E-state index in [2.05, 4.69) is 10.4 Å². The Morgan fingerprint density at radius 2 is 1.82 bits per heavy atom. The van der Waals surface area contributed by atoms with Crippen LogP contribution in [0.5, 0.6) is 0 Å². The first kappa shape index (κ1) is 14.3. The largest absolute Gasteiger partial charge is 0.319 e. The normalized spacial score (nSPS) is 10.6. The fourth-order valence-corrected chi connectivity index (χ4v) is 2.40. The monoisotopic (exact) mass is 313 g/mol. The van der Waals surface area contributed by atoms with Crippen molar-refractivity contribution in [1.29, 1.82) is 0 Å². The van der Waals surface area contributed by atoms with Gasteiger partial charge in [0.05, 0.1) is 16.2 Å². The van der Waals surface area contributed by atoms with Crippen LogP contribution in [0.4, 0.5) is 5.69 Å². The molecule has 0 aliphatic heterocycles. The lowest BCUT2D eigenvalue weighted by Gasteiger charge is -2.09. The highest BCUT2D eigenvalue weighted by molar-refractivity contribution is 6.33. The number of hydrogen-bond acceptors (Lipinski definition) is 3. The van der Waals surface area contributed by atoms with E-state index in [-0.39, 0.29) is 5.69 Å². The number of aryl methyl sites for hydroxylation is 1. The van der Waals surface area contributed by atoms with Crippen molar-refractivity contribution in [2.45, 2.75) is 0 Å². The van der Waals surface area contributed by atoms with Crippen molar-refractivity contribution in [3.05, 3.63) is 69.5 Å². The minimum absolute atomic E-state index is 0.166. The Kier molecular flexibility index (Phi) is 3.65. The lowest BCUT2D eigenvalue weighted by molar-refractivity contribution is 0.101. The number of aromatic nitrogens is 2. The van der Waals surface area contributed by atoms with Gasteiger partial charge in [-0.3, -0.25) is 14.3 Å². The van der Waals surface area contributed by atoms with Gasteiger partial charge in [0, 0.05) is 12.4 Å². The molecule has 0 saturated heterocycles. The summed E-state index contributed by atoms with van der Waals surface area (Å²) in [6.45, 7) is 0. The van der Waals surface area contributed by atoms with Crippen molar-refractivity contribution >= 4 is 34.1 Å². The van der Waals surface area contributed by atoms with Gasteiger partial charge in [-0.15, -0.1) is 0 Å². The van der Waals surface area contributed by atoms with Crippen LogP contribution in [0.2, 0.25) is 5.02 Å². The molecule has 0 aliphatic rings. The van der Waals surface area contributed by atoms with E-state index in [1.54, 1.807) is 49.5 Å². The van der Waals surface area contributed by atoms with Gasteiger partial charge >= 0.3 is 0 Å². The molecule has 1 aromatic heterocycles. The van der Waals surface area contributed by atoms with E-state index in [0.29, 0.717) is 21.6 Å². The third kappa shape index (κ3) is 2.46. The van der Waals surface area contributed by atoms with Crippen molar-refractivity contribution in [3.8, 4) is 0 Å². The number of benzene rings is 2. The third-order valence-electron chi connectivity index (χ3n) is 3.30. The fourth-order valence-electron chi connectivity index (χ4n) is 2.22. The second-order valence-corrected chi connectivity index (χ2v) is 5.16. The van der Waals surface area contributed by atoms with E-state index in [1.165, 1.54) is 4.68 Å². The third-order valence-corrected chi connectivity index (χ3v) is 3.63. The van der Waals surface area contributed by atoms with Gasteiger partial charge in [-0.2, -0.15) is 5.10 Å². The van der Waals surface area contributed by atoms with Gasteiger partial charge in [-0.05, 0) is 24.3 Å². The van der Waals surface area contributed by atoms with Gasteiger partial charge in [0.15, 0.2) is 5.69 Å². The van der Waals surface area contributed by atoms with Crippen LogP contribution in [-0.2, 0) is 7.05 Å². The summed E-state index contributed by atoms with van der Waals surface area (Å²) in [6, 6.07) is 13.8. The maximum Gasteiger partial charge on any atom is 0.280 e. The number of hydrogen-bond donors (Lipinski definition) is 1.